The third-order valence-corrected chi connectivity index (χ3v) is 6.83. The molecule has 1 aliphatic heterocycles. The SMILES string of the molecule is COc1cccc(C(=O)N2CCC(S(=O)(=O)c3ccccc3)CC2)c1. The molecule has 1 heterocycles. The van der Waals surface area contributed by atoms with Crippen molar-refractivity contribution in [2.45, 2.75) is 23.0 Å². The van der Waals surface area contributed by atoms with Crippen molar-refractivity contribution in [1.29, 1.82) is 0 Å². The molecule has 5 nitrogen and oxygen atoms in total. The molecule has 0 aliphatic carbocycles. The summed E-state index contributed by atoms with van der Waals surface area (Å²) in [4.78, 5) is 14.7. The van der Waals surface area contributed by atoms with Crippen LogP contribution in [0.5, 0.6) is 5.75 Å². The lowest BCUT2D eigenvalue weighted by Gasteiger charge is -2.31. The zero-order valence-corrected chi connectivity index (χ0v) is 14.9. The van der Waals surface area contributed by atoms with Gasteiger partial charge in [-0.05, 0) is 43.2 Å². The number of methoxy groups -OCH3 is 1. The van der Waals surface area contributed by atoms with Gasteiger partial charge in [-0.1, -0.05) is 24.3 Å². The Morgan fingerprint density at radius 1 is 1.04 bits per heavy atom. The van der Waals surface area contributed by atoms with Gasteiger partial charge in [-0.3, -0.25) is 4.79 Å². The second kappa shape index (κ2) is 7.27. The zero-order valence-electron chi connectivity index (χ0n) is 14.1. The highest BCUT2D eigenvalue weighted by molar-refractivity contribution is 7.92. The van der Waals surface area contributed by atoms with Crippen LogP contribution in [-0.4, -0.2) is 44.7 Å². The summed E-state index contributed by atoms with van der Waals surface area (Å²) in [5.41, 5.74) is 0.559. The largest absolute Gasteiger partial charge is 0.497 e. The number of sulfone groups is 1. The van der Waals surface area contributed by atoms with Crippen molar-refractivity contribution < 1.29 is 17.9 Å². The first-order valence-electron chi connectivity index (χ1n) is 8.24. The fourth-order valence-electron chi connectivity index (χ4n) is 3.11. The first-order valence-corrected chi connectivity index (χ1v) is 9.79. The maximum Gasteiger partial charge on any atom is 0.253 e. The molecule has 0 spiro atoms. The van der Waals surface area contributed by atoms with Gasteiger partial charge in [-0.2, -0.15) is 0 Å². The van der Waals surface area contributed by atoms with Crippen LogP contribution in [-0.2, 0) is 9.84 Å². The van der Waals surface area contributed by atoms with Crippen LogP contribution in [0.3, 0.4) is 0 Å². The molecule has 0 saturated carbocycles. The minimum absolute atomic E-state index is 0.0885. The van der Waals surface area contributed by atoms with Crippen LogP contribution >= 0.6 is 0 Å². The van der Waals surface area contributed by atoms with Gasteiger partial charge < -0.3 is 9.64 Å². The van der Waals surface area contributed by atoms with Gasteiger partial charge in [0.05, 0.1) is 17.3 Å². The highest BCUT2D eigenvalue weighted by Gasteiger charge is 2.32. The predicted octanol–water partition coefficient (Wildman–Crippen LogP) is 2.77. The first kappa shape index (κ1) is 17.5. The molecule has 3 rings (SSSR count). The molecule has 2 aromatic carbocycles. The Morgan fingerprint density at radius 3 is 2.36 bits per heavy atom. The predicted molar refractivity (Wildman–Crippen MR) is 95.5 cm³/mol. The minimum atomic E-state index is -3.34. The summed E-state index contributed by atoms with van der Waals surface area (Å²) in [5, 5.41) is -0.441. The molecule has 0 N–H and O–H groups in total. The van der Waals surface area contributed by atoms with Gasteiger partial charge in [0.1, 0.15) is 5.75 Å². The highest BCUT2D eigenvalue weighted by Crippen LogP contribution is 2.25. The van der Waals surface area contributed by atoms with Crippen molar-refractivity contribution in [3.05, 3.63) is 60.2 Å². The summed E-state index contributed by atoms with van der Waals surface area (Å²) in [6.45, 7) is 0.875. The van der Waals surface area contributed by atoms with Crippen molar-refractivity contribution >= 4 is 15.7 Å². The van der Waals surface area contributed by atoms with Crippen molar-refractivity contribution in [2.24, 2.45) is 0 Å². The van der Waals surface area contributed by atoms with E-state index in [0.717, 1.165) is 0 Å². The van der Waals surface area contributed by atoms with Crippen molar-refractivity contribution in [3.8, 4) is 5.75 Å². The van der Waals surface area contributed by atoms with E-state index < -0.39 is 15.1 Å². The number of nitrogens with zero attached hydrogens (tertiary/aromatic N) is 1. The van der Waals surface area contributed by atoms with E-state index in [-0.39, 0.29) is 5.91 Å². The van der Waals surface area contributed by atoms with Crippen LogP contribution in [0.1, 0.15) is 23.2 Å². The molecule has 1 aliphatic rings. The molecule has 0 unspecified atom stereocenters. The zero-order chi connectivity index (χ0) is 17.9. The van der Waals surface area contributed by atoms with E-state index in [1.165, 1.54) is 0 Å². The Kier molecular flexibility index (Phi) is 5.08. The second-order valence-electron chi connectivity index (χ2n) is 6.08. The third-order valence-electron chi connectivity index (χ3n) is 4.56. The van der Waals surface area contributed by atoms with Gasteiger partial charge in [0, 0.05) is 18.7 Å². The smallest absolute Gasteiger partial charge is 0.253 e. The molecule has 132 valence electrons. The minimum Gasteiger partial charge on any atom is -0.497 e. The van der Waals surface area contributed by atoms with Crippen LogP contribution in [0.25, 0.3) is 0 Å². The second-order valence-corrected chi connectivity index (χ2v) is 8.31. The molecule has 1 amide bonds. The van der Waals surface area contributed by atoms with E-state index in [4.69, 9.17) is 4.74 Å². The molecule has 0 radical (unpaired) electrons. The quantitative estimate of drug-likeness (QED) is 0.842. The standard InChI is InChI=1S/C19H21NO4S/c1-24-16-7-5-6-15(14-16)19(21)20-12-10-18(11-13-20)25(22,23)17-8-3-2-4-9-17/h2-9,14,18H,10-13H2,1H3. The average Bonchev–Trinajstić information content (AvgIpc) is 2.68. The Hall–Kier alpha value is -2.34. The lowest BCUT2D eigenvalue weighted by atomic mass is 10.1. The summed E-state index contributed by atoms with van der Waals surface area (Å²) in [6, 6.07) is 15.5. The van der Waals surface area contributed by atoms with Crippen LogP contribution in [0.15, 0.2) is 59.5 Å². The lowest BCUT2D eigenvalue weighted by Crippen LogP contribution is -2.42. The third kappa shape index (κ3) is 3.69. The van der Waals surface area contributed by atoms with Crippen LogP contribution in [0.2, 0.25) is 0 Å². The number of carbonyl (C=O) groups excluding carboxylic acids is 1. The number of hydrogen-bond donors (Lipinski definition) is 0. The molecule has 1 fully saturated rings. The van der Waals surface area contributed by atoms with Crippen molar-refractivity contribution in [1.82, 2.24) is 4.90 Å². The molecule has 1 saturated heterocycles. The van der Waals surface area contributed by atoms with Crippen LogP contribution in [0, 0.1) is 0 Å². The van der Waals surface area contributed by atoms with E-state index in [2.05, 4.69) is 0 Å². The Labute approximate surface area is 148 Å². The fourth-order valence-corrected chi connectivity index (χ4v) is 4.86. The summed E-state index contributed by atoms with van der Waals surface area (Å²) < 4.78 is 30.5. The lowest BCUT2D eigenvalue weighted by molar-refractivity contribution is 0.0725. The summed E-state index contributed by atoms with van der Waals surface area (Å²) in [6.07, 6.45) is 0.903. The summed E-state index contributed by atoms with van der Waals surface area (Å²) in [5.74, 6) is 0.543. The molecular weight excluding hydrogens is 338 g/mol. The fraction of sp³-hybridized carbons (Fsp3) is 0.316. The monoisotopic (exact) mass is 359 g/mol. The van der Waals surface area contributed by atoms with E-state index >= 15 is 0 Å². The normalized spacial score (nSPS) is 15.8. The van der Waals surface area contributed by atoms with Gasteiger partial charge in [0.25, 0.3) is 5.91 Å². The van der Waals surface area contributed by atoms with E-state index in [9.17, 15) is 13.2 Å². The Bertz CT molecular complexity index is 841. The van der Waals surface area contributed by atoms with Gasteiger partial charge in [0.15, 0.2) is 9.84 Å². The molecule has 0 bridgehead atoms. The van der Waals surface area contributed by atoms with Gasteiger partial charge in [0.2, 0.25) is 0 Å². The van der Waals surface area contributed by atoms with Crippen LogP contribution < -0.4 is 4.74 Å². The molecule has 25 heavy (non-hydrogen) atoms. The number of carbonyl (C=O) groups is 1. The number of benzene rings is 2. The van der Waals surface area contributed by atoms with E-state index in [1.807, 2.05) is 0 Å². The number of piperidine rings is 1. The molecule has 0 atom stereocenters. The summed E-state index contributed by atoms with van der Waals surface area (Å²) >= 11 is 0. The summed E-state index contributed by atoms with van der Waals surface area (Å²) in [7, 11) is -1.79. The van der Waals surface area contributed by atoms with Gasteiger partial charge in [-0.25, -0.2) is 8.42 Å². The van der Waals surface area contributed by atoms with Gasteiger partial charge >= 0.3 is 0 Å². The number of amides is 1. The number of rotatable bonds is 4. The Morgan fingerprint density at radius 2 is 1.72 bits per heavy atom. The molecule has 6 heteroatoms. The topological polar surface area (TPSA) is 63.7 Å². The van der Waals surface area contributed by atoms with E-state index in [0.29, 0.717) is 42.1 Å². The molecule has 0 aromatic heterocycles. The van der Waals surface area contributed by atoms with Gasteiger partial charge in [-0.15, -0.1) is 0 Å². The number of hydrogen-bond acceptors (Lipinski definition) is 4. The maximum absolute atomic E-state index is 12.7. The number of likely N-dealkylation sites (tertiary alicyclic amines) is 1. The number of ether oxygens (including phenoxy) is 1. The average molecular weight is 359 g/mol. The molecule has 2 aromatic rings. The van der Waals surface area contributed by atoms with Crippen molar-refractivity contribution in [3.63, 3.8) is 0 Å². The highest BCUT2D eigenvalue weighted by atomic mass is 32.2. The molecular formula is C19H21NO4S. The van der Waals surface area contributed by atoms with E-state index in [1.54, 1.807) is 66.6 Å². The maximum atomic E-state index is 12.7. The Balaban J connectivity index is 1.68. The van der Waals surface area contributed by atoms with Crippen LogP contribution in [0.4, 0.5) is 0 Å². The van der Waals surface area contributed by atoms with Crippen molar-refractivity contribution in [2.75, 3.05) is 20.2 Å². The first-order chi connectivity index (χ1) is 12.0.